The van der Waals surface area contributed by atoms with Gasteiger partial charge in [-0.2, -0.15) is 12.6 Å². The number of aliphatic hydroxyl groups excluding tert-OH is 1. The maximum atomic E-state index is 12.8. The SMILES string of the molecule is NC(=O)CC(NC(=O)C(Cc1cnc[nH]1)NC(=O)C(N)CS)C(=O)NC(CO)C(=O)O. The Morgan fingerprint density at radius 2 is 1.65 bits per heavy atom. The van der Waals surface area contributed by atoms with Crippen molar-refractivity contribution in [1.82, 2.24) is 25.9 Å². The summed E-state index contributed by atoms with van der Waals surface area (Å²) in [6, 6.07) is -5.45. The number of H-pyrrole nitrogens is 1. The van der Waals surface area contributed by atoms with Crippen LogP contribution in [-0.4, -0.2) is 86.3 Å². The van der Waals surface area contributed by atoms with Crippen molar-refractivity contribution in [2.75, 3.05) is 12.4 Å². The van der Waals surface area contributed by atoms with Gasteiger partial charge in [0.25, 0.3) is 0 Å². The van der Waals surface area contributed by atoms with Gasteiger partial charge in [-0.15, -0.1) is 0 Å². The number of hydrogen-bond acceptors (Lipinski definition) is 9. The molecule has 0 aliphatic rings. The van der Waals surface area contributed by atoms with Crippen molar-refractivity contribution in [2.45, 2.75) is 37.0 Å². The van der Waals surface area contributed by atoms with E-state index in [0.29, 0.717) is 5.69 Å². The highest BCUT2D eigenvalue weighted by Gasteiger charge is 2.31. The van der Waals surface area contributed by atoms with Crippen molar-refractivity contribution >= 4 is 42.2 Å². The van der Waals surface area contributed by atoms with Gasteiger partial charge in [0.15, 0.2) is 0 Å². The molecule has 0 aliphatic heterocycles. The highest BCUT2D eigenvalue weighted by Crippen LogP contribution is 2.03. The van der Waals surface area contributed by atoms with Crippen molar-refractivity contribution in [3.8, 4) is 0 Å². The lowest BCUT2D eigenvalue weighted by atomic mass is 10.1. The van der Waals surface area contributed by atoms with E-state index < -0.39 is 66.8 Å². The molecule has 1 heterocycles. The quantitative estimate of drug-likeness (QED) is 0.129. The monoisotopic (exact) mass is 459 g/mol. The zero-order chi connectivity index (χ0) is 23.6. The van der Waals surface area contributed by atoms with E-state index >= 15 is 0 Å². The second-order valence-electron chi connectivity index (χ2n) is 6.44. The van der Waals surface area contributed by atoms with E-state index in [2.05, 4.69) is 33.2 Å². The van der Waals surface area contributed by atoms with Crippen LogP contribution >= 0.6 is 12.6 Å². The van der Waals surface area contributed by atoms with Gasteiger partial charge in [0.1, 0.15) is 18.1 Å². The zero-order valence-corrected chi connectivity index (χ0v) is 17.2. The largest absolute Gasteiger partial charge is 0.480 e. The van der Waals surface area contributed by atoms with Crippen LogP contribution in [0.2, 0.25) is 0 Å². The van der Waals surface area contributed by atoms with Gasteiger partial charge in [-0.1, -0.05) is 0 Å². The topological polar surface area (TPSA) is 243 Å². The second-order valence-corrected chi connectivity index (χ2v) is 6.81. The fraction of sp³-hybridized carbons (Fsp3) is 0.500. The highest BCUT2D eigenvalue weighted by molar-refractivity contribution is 7.80. The Morgan fingerprint density at radius 3 is 2.13 bits per heavy atom. The highest BCUT2D eigenvalue weighted by atomic mass is 32.1. The molecule has 0 fully saturated rings. The number of nitrogens with zero attached hydrogens (tertiary/aromatic N) is 1. The summed E-state index contributed by atoms with van der Waals surface area (Å²) in [6.07, 6.45) is 2.06. The Labute approximate surface area is 181 Å². The van der Waals surface area contributed by atoms with Crippen LogP contribution in [0.1, 0.15) is 12.1 Å². The summed E-state index contributed by atoms with van der Waals surface area (Å²) < 4.78 is 0. The Kier molecular flexibility index (Phi) is 10.4. The molecule has 0 aromatic carbocycles. The molecule has 172 valence electrons. The number of carbonyl (C=O) groups excluding carboxylic acids is 4. The van der Waals surface area contributed by atoms with Gasteiger partial charge in [0, 0.05) is 24.1 Å². The van der Waals surface area contributed by atoms with Crippen LogP contribution in [0, 0.1) is 0 Å². The maximum absolute atomic E-state index is 12.8. The van der Waals surface area contributed by atoms with E-state index in [1.165, 1.54) is 12.5 Å². The Hall–Kier alpha value is -3.17. The number of rotatable bonds is 13. The molecule has 15 heteroatoms. The van der Waals surface area contributed by atoms with Crippen molar-refractivity contribution in [3.05, 3.63) is 18.2 Å². The molecule has 1 rings (SSSR count). The molecular formula is C16H25N7O7S. The van der Waals surface area contributed by atoms with Crippen molar-refractivity contribution in [2.24, 2.45) is 11.5 Å². The van der Waals surface area contributed by atoms with E-state index in [1.54, 1.807) is 0 Å². The van der Waals surface area contributed by atoms with Crippen LogP contribution in [-0.2, 0) is 30.4 Å². The van der Waals surface area contributed by atoms with Crippen LogP contribution in [0.3, 0.4) is 0 Å². The summed E-state index contributed by atoms with van der Waals surface area (Å²) in [4.78, 5) is 66.2. The molecule has 1 aromatic rings. The molecule has 1 aromatic heterocycles. The lowest BCUT2D eigenvalue weighted by Crippen LogP contribution is -2.58. The number of carboxylic acid groups (broad SMARTS) is 1. The fourth-order valence-corrected chi connectivity index (χ4v) is 2.49. The number of nitrogens with two attached hydrogens (primary N) is 2. The predicted molar refractivity (Wildman–Crippen MR) is 108 cm³/mol. The number of aliphatic carboxylic acids is 1. The summed E-state index contributed by atoms with van der Waals surface area (Å²) >= 11 is 3.92. The van der Waals surface area contributed by atoms with Crippen molar-refractivity contribution < 1.29 is 34.2 Å². The lowest BCUT2D eigenvalue weighted by Gasteiger charge is -2.24. The number of primary amides is 1. The van der Waals surface area contributed by atoms with E-state index in [0.717, 1.165) is 0 Å². The summed E-state index contributed by atoms with van der Waals surface area (Å²) in [7, 11) is 0. The average Bonchev–Trinajstić information content (AvgIpc) is 3.22. The van der Waals surface area contributed by atoms with Gasteiger partial charge in [0.2, 0.25) is 23.6 Å². The molecule has 0 spiro atoms. The van der Waals surface area contributed by atoms with Crippen LogP contribution in [0.5, 0.6) is 0 Å². The summed E-state index contributed by atoms with van der Waals surface area (Å²) in [5, 5.41) is 24.7. The van der Waals surface area contributed by atoms with E-state index in [9.17, 15) is 24.0 Å². The number of aromatic amines is 1. The van der Waals surface area contributed by atoms with Gasteiger partial charge in [-0.25, -0.2) is 9.78 Å². The molecule has 31 heavy (non-hydrogen) atoms. The van der Waals surface area contributed by atoms with E-state index in [-0.39, 0.29) is 12.2 Å². The predicted octanol–water partition coefficient (Wildman–Crippen LogP) is -4.38. The van der Waals surface area contributed by atoms with Gasteiger partial charge >= 0.3 is 5.97 Å². The number of thiol groups is 1. The molecule has 14 nitrogen and oxygen atoms in total. The summed E-state index contributed by atoms with van der Waals surface area (Å²) in [5.74, 6) is -5.09. The Bertz CT molecular complexity index is 789. The van der Waals surface area contributed by atoms with Gasteiger partial charge in [0.05, 0.1) is 25.4 Å². The normalized spacial score (nSPS) is 14.5. The molecule has 10 N–H and O–H groups in total. The number of aromatic nitrogens is 2. The molecule has 4 unspecified atom stereocenters. The Morgan fingerprint density at radius 1 is 1.06 bits per heavy atom. The van der Waals surface area contributed by atoms with E-state index in [1.807, 2.05) is 5.32 Å². The number of nitrogens with one attached hydrogen (secondary N) is 4. The first-order valence-corrected chi connectivity index (χ1v) is 9.59. The first-order chi connectivity index (χ1) is 14.6. The molecule has 0 aliphatic carbocycles. The van der Waals surface area contributed by atoms with Crippen LogP contribution in [0.4, 0.5) is 0 Å². The minimum absolute atomic E-state index is 0.00860. The lowest BCUT2D eigenvalue weighted by molar-refractivity contribution is -0.143. The number of aliphatic hydroxyl groups is 1. The minimum atomic E-state index is -1.66. The fourth-order valence-electron chi connectivity index (χ4n) is 2.33. The summed E-state index contributed by atoms with van der Waals surface area (Å²) in [6.45, 7) is -0.918. The molecule has 0 saturated heterocycles. The second kappa shape index (κ2) is 12.5. The minimum Gasteiger partial charge on any atom is -0.480 e. The van der Waals surface area contributed by atoms with Gasteiger partial charge < -0.3 is 42.6 Å². The standard InChI is InChI=1S/C16H25N7O7S/c17-8(5-31)13(26)21-9(1-7-3-19-6-20-7)14(27)22-10(2-12(18)25)15(28)23-11(4-24)16(29)30/h3,6,8-11,24,31H,1-2,4-5,17H2,(H2,18,25)(H,19,20)(H,21,26)(H,22,27)(H,23,28)(H,29,30). The van der Waals surface area contributed by atoms with Crippen molar-refractivity contribution in [3.63, 3.8) is 0 Å². The van der Waals surface area contributed by atoms with Crippen LogP contribution < -0.4 is 27.4 Å². The third-order valence-corrected chi connectivity index (χ3v) is 4.37. The first kappa shape index (κ1) is 25.9. The number of imidazole rings is 1. The molecule has 0 radical (unpaired) electrons. The van der Waals surface area contributed by atoms with Gasteiger partial charge in [-0.05, 0) is 0 Å². The molecular weight excluding hydrogens is 434 g/mol. The molecule has 0 saturated carbocycles. The zero-order valence-electron chi connectivity index (χ0n) is 16.3. The van der Waals surface area contributed by atoms with E-state index in [4.69, 9.17) is 21.7 Å². The smallest absolute Gasteiger partial charge is 0.328 e. The number of hydrogen-bond donors (Lipinski definition) is 9. The van der Waals surface area contributed by atoms with Gasteiger partial charge in [-0.3, -0.25) is 19.2 Å². The third kappa shape index (κ3) is 8.61. The number of carbonyl (C=O) groups is 5. The number of amides is 4. The molecule has 0 bridgehead atoms. The average molecular weight is 459 g/mol. The van der Waals surface area contributed by atoms with Crippen LogP contribution in [0.25, 0.3) is 0 Å². The Balaban J connectivity index is 3.01. The van der Waals surface area contributed by atoms with Crippen LogP contribution in [0.15, 0.2) is 12.5 Å². The van der Waals surface area contributed by atoms with Crippen molar-refractivity contribution in [1.29, 1.82) is 0 Å². The summed E-state index contributed by atoms with van der Waals surface area (Å²) in [5.41, 5.74) is 11.2. The first-order valence-electron chi connectivity index (χ1n) is 8.95. The maximum Gasteiger partial charge on any atom is 0.328 e. The number of carboxylic acids is 1. The molecule has 4 amide bonds. The third-order valence-electron chi connectivity index (χ3n) is 3.98. The molecule has 4 atom stereocenters.